The zero-order valence-corrected chi connectivity index (χ0v) is 7.95. The molecule has 0 saturated carbocycles. The Kier molecular flexibility index (Phi) is 3.68. The maximum Gasteiger partial charge on any atom is 0.237 e. The van der Waals surface area contributed by atoms with E-state index in [-0.39, 0.29) is 5.91 Å². The summed E-state index contributed by atoms with van der Waals surface area (Å²) in [5, 5.41) is 11.3. The number of nitrogens with zero attached hydrogens (tertiary/aromatic N) is 2. The molecule has 0 radical (unpaired) electrons. The van der Waals surface area contributed by atoms with Gasteiger partial charge in [-0.15, -0.1) is 0 Å². The topological polar surface area (TPSA) is 81.6 Å². The number of carbonyl (C=O) groups is 1. The van der Waals surface area contributed by atoms with Crippen LogP contribution in [-0.4, -0.2) is 15.9 Å². The summed E-state index contributed by atoms with van der Waals surface area (Å²) in [5.74, 6) is -0.123. The van der Waals surface area contributed by atoms with E-state index in [1.807, 2.05) is 6.07 Å². The van der Waals surface area contributed by atoms with Crippen molar-refractivity contribution in [3.05, 3.63) is 18.2 Å². The van der Waals surface area contributed by atoms with Gasteiger partial charge in [0.05, 0.1) is 12.6 Å². The Bertz CT molecular complexity index is 325. The van der Waals surface area contributed by atoms with Gasteiger partial charge in [0.15, 0.2) is 0 Å². The first-order valence-corrected chi connectivity index (χ1v) is 4.43. The van der Waals surface area contributed by atoms with Gasteiger partial charge in [0.2, 0.25) is 5.91 Å². The van der Waals surface area contributed by atoms with Gasteiger partial charge in [0.25, 0.3) is 0 Å². The van der Waals surface area contributed by atoms with Crippen molar-refractivity contribution < 1.29 is 4.79 Å². The standard InChI is InChI=1S/C9H12N4O/c1-2-7(5-10)9(14)13-6-8-11-3-4-12-8/h3-4,7H,2,6H2,1H3,(H,11,12)(H,13,14). The molecule has 74 valence electrons. The first-order valence-electron chi connectivity index (χ1n) is 4.43. The van der Waals surface area contributed by atoms with E-state index in [2.05, 4.69) is 15.3 Å². The molecule has 5 heteroatoms. The molecule has 0 aliphatic heterocycles. The summed E-state index contributed by atoms with van der Waals surface area (Å²) in [5.41, 5.74) is 0. The third-order valence-electron chi connectivity index (χ3n) is 1.87. The molecule has 5 nitrogen and oxygen atoms in total. The van der Waals surface area contributed by atoms with Gasteiger partial charge in [-0.1, -0.05) is 6.92 Å². The molecule has 1 amide bonds. The molecule has 1 heterocycles. The number of rotatable bonds is 4. The Balaban J connectivity index is 2.39. The van der Waals surface area contributed by atoms with Crippen LogP contribution in [0.15, 0.2) is 12.4 Å². The van der Waals surface area contributed by atoms with E-state index < -0.39 is 5.92 Å². The van der Waals surface area contributed by atoms with Crippen LogP contribution in [0.25, 0.3) is 0 Å². The van der Waals surface area contributed by atoms with Gasteiger partial charge in [0, 0.05) is 12.4 Å². The maximum atomic E-state index is 11.3. The second-order valence-electron chi connectivity index (χ2n) is 2.84. The van der Waals surface area contributed by atoms with Crippen LogP contribution in [0.2, 0.25) is 0 Å². The highest BCUT2D eigenvalue weighted by Gasteiger charge is 2.14. The van der Waals surface area contributed by atoms with Crippen molar-refractivity contribution in [3.8, 4) is 6.07 Å². The summed E-state index contributed by atoms with van der Waals surface area (Å²) < 4.78 is 0. The second-order valence-corrected chi connectivity index (χ2v) is 2.84. The number of nitrogens with one attached hydrogen (secondary N) is 2. The fourth-order valence-corrected chi connectivity index (χ4v) is 1.02. The monoisotopic (exact) mass is 192 g/mol. The third kappa shape index (κ3) is 2.59. The van der Waals surface area contributed by atoms with Crippen LogP contribution in [0.1, 0.15) is 19.2 Å². The Morgan fingerprint density at radius 3 is 3.14 bits per heavy atom. The van der Waals surface area contributed by atoms with Crippen molar-refractivity contribution in [1.29, 1.82) is 5.26 Å². The Morgan fingerprint density at radius 1 is 1.86 bits per heavy atom. The summed E-state index contributed by atoms with van der Waals surface area (Å²) in [6.45, 7) is 2.14. The Hall–Kier alpha value is -1.83. The van der Waals surface area contributed by atoms with Crippen molar-refractivity contribution in [3.63, 3.8) is 0 Å². The Labute approximate surface area is 82.2 Å². The van der Waals surface area contributed by atoms with E-state index in [0.717, 1.165) is 0 Å². The molecular weight excluding hydrogens is 180 g/mol. The summed E-state index contributed by atoms with van der Waals surface area (Å²) in [6.07, 6.45) is 3.83. The zero-order chi connectivity index (χ0) is 10.4. The van der Waals surface area contributed by atoms with Gasteiger partial charge in [-0.05, 0) is 6.42 Å². The lowest BCUT2D eigenvalue weighted by molar-refractivity contribution is -0.123. The molecule has 0 aliphatic rings. The molecule has 1 aromatic rings. The number of H-pyrrole nitrogens is 1. The number of carbonyl (C=O) groups excluding carboxylic acids is 1. The van der Waals surface area contributed by atoms with E-state index in [1.165, 1.54) is 0 Å². The highest BCUT2D eigenvalue weighted by atomic mass is 16.1. The van der Waals surface area contributed by atoms with Gasteiger partial charge < -0.3 is 10.3 Å². The molecule has 1 atom stereocenters. The van der Waals surface area contributed by atoms with E-state index >= 15 is 0 Å². The largest absolute Gasteiger partial charge is 0.348 e. The van der Waals surface area contributed by atoms with Crippen molar-refractivity contribution in [2.45, 2.75) is 19.9 Å². The highest BCUT2D eigenvalue weighted by Crippen LogP contribution is 2.00. The predicted octanol–water partition coefficient (Wildman–Crippen LogP) is 0.576. The zero-order valence-electron chi connectivity index (χ0n) is 7.95. The number of aromatic amines is 1. The molecule has 2 N–H and O–H groups in total. The molecule has 0 aliphatic carbocycles. The van der Waals surface area contributed by atoms with Crippen LogP contribution in [0.4, 0.5) is 0 Å². The molecule has 0 aromatic carbocycles. The first-order chi connectivity index (χ1) is 6.77. The van der Waals surface area contributed by atoms with E-state index in [0.29, 0.717) is 18.8 Å². The van der Waals surface area contributed by atoms with Crippen LogP contribution < -0.4 is 5.32 Å². The fourth-order valence-electron chi connectivity index (χ4n) is 1.02. The smallest absolute Gasteiger partial charge is 0.237 e. The fraction of sp³-hybridized carbons (Fsp3) is 0.444. The van der Waals surface area contributed by atoms with E-state index in [1.54, 1.807) is 19.3 Å². The third-order valence-corrected chi connectivity index (χ3v) is 1.87. The number of hydrogen-bond donors (Lipinski definition) is 2. The molecule has 0 bridgehead atoms. The lowest BCUT2D eigenvalue weighted by atomic mass is 10.1. The molecular formula is C9H12N4O. The van der Waals surface area contributed by atoms with Gasteiger partial charge in [-0.3, -0.25) is 4.79 Å². The van der Waals surface area contributed by atoms with E-state index in [4.69, 9.17) is 5.26 Å². The molecule has 1 aromatic heterocycles. The minimum atomic E-state index is -0.565. The molecule has 14 heavy (non-hydrogen) atoms. The highest BCUT2D eigenvalue weighted by molar-refractivity contribution is 5.80. The summed E-state index contributed by atoms with van der Waals surface area (Å²) in [4.78, 5) is 18.1. The molecule has 0 fully saturated rings. The predicted molar refractivity (Wildman–Crippen MR) is 49.8 cm³/mol. The molecule has 0 saturated heterocycles. The molecule has 0 spiro atoms. The Morgan fingerprint density at radius 2 is 2.64 bits per heavy atom. The van der Waals surface area contributed by atoms with Crippen molar-refractivity contribution >= 4 is 5.91 Å². The van der Waals surface area contributed by atoms with Gasteiger partial charge >= 0.3 is 0 Å². The van der Waals surface area contributed by atoms with Crippen LogP contribution in [-0.2, 0) is 11.3 Å². The van der Waals surface area contributed by atoms with Gasteiger partial charge in [-0.25, -0.2) is 4.98 Å². The summed E-state index contributed by atoms with van der Waals surface area (Å²) >= 11 is 0. The van der Waals surface area contributed by atoms with Crippen LogP contribution >= 0.6 is 0 Å². The minimum absolute atomic E-state index is 0.244. The lowest BCUT2D eigenvalue weighted by Gasteiger charge is -2.05. The summed E-state index contributed by atoms with van der Waals surface area (Å²) in [6, 6.07) is 1.94. The number of nitriles is 1. The minimum Gasteiger partial charge on any atom is -0.348 e. The van der Waals surface area contributed by atoms with Gasteiger partial charge in [-0.2, -0.15) is 5.26 Å². The van der Waals surface area contributed by atoms with Crippen LogP contribution in [0.3, 0.4) is 0 Å². The molecule has 1 rings (SSSR count). The number of amides is 1. The van der Waals surface area contributed by atoms with Gasteiger partial charge in [0.1, 0.15) is 11.7 Å². The number of aromatic nitrogens is 2. The first kappa shape index (κ1) is 10.3. The average Bonchev–Trinajstić information content (AvgIpc) is 2.69. The normalized spacial score (nSPS) is 11.7. The SMILES string of the molecule is CCC(C#N)C(=O)NCc1ncc[nH]1. The van der Waals surface area contributed by atoms with Crippen molar-refractivity contribution in [2.75, 3.05) is 0 Å². The van der Waals surface area contributed by atoms with Crippen LogP contribution in [0, 0.1) is 17.2 Å². The summed E-state index contributed by atoms with van der Waals surface area (Å²) in [7, 11) is 0. The average molecular weight is 192 g/mol. The van der Waals surface area contributed by atoms with E-state index in [9.17, 15) is 4.79 Å². The maximum absolute atomic E-state index is 11.3. The van der Waals surface area contributed by atoms with Crippen molar-refractivity contribution in [2.24, 2.45) is 5.92 Å². The number of imidazole rings is 1. The quantitative estimate of drug-likeness (QED) is 0.731. The second kappa shape index (κ2) is 5.02. The van der Waals surface area contributed by atoms with Crippen molar-refractivity contribution in [1.82, 2.24) is 15.3 Å². The lowest BCUT2D eigenvalue weighted by Crippen LogP contribution is -2.29. The number of hydrogen-bond acceptors (Lipinski definition) is 3. The molecule has 1 unspecified atom stereocenters. The van der Waals surface area contributed by atoms with Crippen LogP contribution in [0.5, 0.6) is 0 Å².